The van der Waals surface area contributed by atoms with Gasteiger partial charge in [0.05, 0.1) is 11.3 Å². The van der Waals surface area contributed by atoms with E-state index < -0.39 is 0 Å². The molecular formula is C12H10N4O. The van der Waals surface area contributed by atoms with Gasteiger partial charge < -0.3 is 5.32 Å². The van der Waals surface area contributed by atoms with Crippen LogP contribution >= 0.6 is 0 Å². The lowest BCUT2D eigenvalue weighted by Crippen LogP contribution is -2.18. The number of aromatic nitrogens is 2. The molecule has 0 aliphatic carbocycles. The van der Waals surface area contributed by atoms with Gasteiger partial charge in [-0.15, -0.1) is 0 Å². The van der Waals surface area contributed by atoms with E-state index in [-0.39, 0.29) is 6.03 Å². The number of benzene rings is 1. The Hall–Kier alpha value is -2.61. The smallest absolute Gasteiger partial charge is 0.306 e. The van der Waals surface area contributed by atoms with Crippen molar-refractivity contribution in [3.63, 3.8) is 0 Å². The van der Waals surface area contributed by atoms with Crippen LogP contribution in [0.4, 0.5) is 10.5 Å². The molecule has 1 heterocycles. The third-order valence-electron chi connectivity index (χ3n) is 2.37. The van der Waals surface area contributed by atoms with Crippen LogP contribution in [0.3, 0.4) is 0 Å². The Labute approximate surface area is 98.3 Å². The minimum atomic E-state index is -0.343. The van der Waals surface area contributed by atoms with Crippen LogP contribution in [-0.4, -0.2) is 15.6 Å². The Kier molecular flexibility index (Phi) is 2.88. The Morgan fingerprint density at radius 3 is 3.00 bits per heavy atom. The first-order chi connectivity index (χ1) is 8.22. The number of nitriles is 1. The van der Waals surface area contributed by atoms with Crippen LogP contribution in [0, 0.1) is 18.3 Å². The number of carbonyl (C=O) groups excluding carboxylic acids is 1. The van der Waals surface area contributed by atoms with E-state index >= 15 is 0 Å². The average Bonchev–Trinajstić information content (AvgIpc) is 2.82. The van der Waals surface area contributed by atoms with E-state index in [9.17, 15) is 4.79 Å². The number of rotatable bonds is 1. The fourth-order valence-electron chi connectivity index (χ4n) is 1.48. The molecule has 0 bridgehead atoms. The van der Waals surface area contributed by atoms with Gasteiger partial charge in [-0.05, 0) is 18.6 Å². The Morgan fingerprint density at radius 1 is 1.53 bits per heavy atom. The molecular weight excluding hydrogens is 216 g/mol. The number of hydrogen-bond donors (Lipinski definition) is 1. The van der Waals surface area contributed by atoms with Crippen molar-refractivity contribution in [2.45, 2.75) is 6.92 Å². The summed E-state index contributed by atoms with van der Waals surface area (Å²) in [4.78, 5) is 15.5. The van der Waals surface area contributed by atoms with Crippen molar-refractivity contribution in [1.29, 1.82) is 5.26 Å². The van der Waals surface area contributed by atoms with Gasteiger partial charge in [0, 0.05) is 12.4 Å². The molecule has 0 spiro atoms. The Balaban J connectivity index is 2.29. The van der Waals surface area contributed by atoms with E-state index in [1.165, 1.54) is 23.3 Å². The van der Waals surface area contributed by atoms with E-state index in [2.05, 4.69) is 16.4 Å². The molecule has 1 aromatic carbocycles. The van der Waals surface area contributed by atoms with Crippen molar-refractivity contribution >= 4 is 11.7 Å². The highest BCUT2D eigenvalue weighted by atomic mass is 16.2. The second-order valence-corrected chi connectivity index (χ2v) is 3.51. The van der Waals surface area contributed by atoms with E-state index in [0.29, 0.717) is 11.3 Å². The fourth-order valence-corrected chi connectivity index (χ4v) is 1.48. The van der Waals surface area contributed by atoms with E-state index in [1.54, 1.807) is 12.1 Å². The Bertz CT molecular complexity index is 581. The molecule has 5 heteroatoms. The minimum absolute atomic E-state index is 0.343. The molecule has 0 saturated heterocycles. The van der Waals surface area contributed by atoms with Crippen molar-refractivity contribution in [3.8, 4) is 6.07 Å². The summed E-state index contributed by atoms with van der Waals surface area (Å²) >= 11 is 0. The van der Waals surface area contributed by atoms with E-state index in [0.717, 1.165) is 5.56 Å². The molecule has 0 unspecified atom stereocenters. The van der Waals surface area contributed by atoms with Gasteiger partial charge in [0.1, 0.15) is 12.4 Å². The molecule has 0 aliphatic heterocycles. The quantitative estimate of drug-likeness (QED) is 0.809. The lowest BCUT2D eigenvalue weighted by atomic mass is 10.1. The van der Waals surface area contributed by atoms with Gasteiger partial charge in [0.15, 0.2) is 0 Å². The molecule has 1 amide bonds. The van der Waals surface area contributed by atoms with Crippen molar-refractivity contribution in [2.75, 3.05) is 5.32 Å². The standard InChI is InChI=1S/C12H10N4O/c1-9-3-2-4-11(10(9)7-13)15-12(17)16-6-5-14-8-16/h2-6,8H,1H3,(H,15,17). The van der Waals surface area contributed by atoms with Crippen molar-refractivity contribution in [2.24, 2.45) is 0 Å². The van der Waals surface area contributed by atoms with Gasteiger partial charge in [-0.1, -0.05) is 12.1 Å². The zero-order chi connectivity index (χ0) is 12.3. The number of imidazole rings is 1. The molecule has 2 aromatic rings. The predicted molar refractivity (Wildman–Crippen MR) is 62.5 cm³/mol. The maximum atomic E-state index is 11.8. The summed E-state index contributed by atoms with van der Waals surface area (Å²) in [6.45, 7) is 1.82. The molecule has 0 saturated carbocycles. The van der Waals surface area contributed by atoms with Gasteiger partial charge in [-0.2, -0.15) is 5.26 Å². The van der Waals surface area contributed by atoms with Crippen LogP contribution in [0.5, 0.6) is 0 Å². The largest absolute Gasteiger partial charge is 0.331 e. The minimum Gasteiger partial charge on any atom is -0.306 e. The normalized spacial score (nSPS) is 9.65. The summed E-state index contributed by atoms with van der Waals surface area (Å²) in [5.74, 6) is 0. The van der Waals surface area contributed by atoms with Crippen LogP contribution in [0.25, 0.3) is 0 Å². The van der Waals surface area contributed by atoms with Crippen LogP contribution in [-0.2, 0) is 0 Å². The number of aryl methyl sites for hydroxylation is 1. The first-order valence-corrected chi connectivity index (χ1v) is 5.01. The van der Waals surface area contributed by atoms with Gasteiger partial charge in [-0.25, -0.2) is 9.78 Å². The van der Waals surface area contributed by atoms with Crippen LogP contribution < -0.4 is 5.32 Å². The first-order valence-electron chi connectivity index (χ1n) is 5.01. The van der Waals surface area contributed by atoms with E-state index in [4.69, 9.17) is 5.26 Å². The lowest BCUT2D eigenvalue weighted by molar-refractivity contribution is 0.253. The number of hydrogen-bond acceptors (Lipinski definition) is 3. The summed E-state index contributed by atoms with van der Waals surface area (Å²) in [5, 5.41) is 11.7. The summed E-state index contributed by atoms with van der Waals surface area (Å²) < 4.78 is 1.31. The average molecular weight is 226 g/mol. The SMILES string of the molecule is Cc1cccc(NC(=O)n2ccnc2)c1C#N. The third kappa shape index (κ3) is 2.16. The fraction of sp³-hybridized carbons (Fsp3) is 0.0833. The zero-order valence-electron chi connectivity index (χ0n) is 9.21. The molecule has 2 rings (SSSR count). The van der Waals surface area contributed by atoms with Crippen molar-refractivity contribution in [1.82, 2.24) is 9.55 Å². The summed E-state index contributed by atoms with van der Waals surface area (Å²) in [6.07, 6.45) is 4.45. The second-order valence-electron chi connectivity index (χ2n) is 3.51. The highest BCUT2D eigenvalue weighted by Gasteiger charge is 2.09. The zero-order valence-corrected chi connectivity index (χ0v) is 9.21. The summed E-state index contributed by atoms with van der Waals surface area (Å²) in [7, 11) is 0. The van der Waals surface area contributed by atoms with Crippen LogP contribution in [0.2, 0.25) is 0 Å². The topological polar surface area (TPSA) is 70.7 Å². The van der Waals surface area contributed by atoms with Gasteiger partial charge in [0.2, 0.25) is 0 Å². The highest BCUT2D eigenvalue weighted by Crippen LogP contribution is 2.18. The van der Waals surface area contributed by atoms with Gasteiger partial charge >= 0.3 is 6.03 Å². The third-order valence-corrected chi connectivity index (χ3v) is 2.37. The predicted octanol–water partition coefficient (Wildman–Crippen LogP) is 2.14. The highest BCUT2D eigenvalue weighted by molar-refractivity contribution is 5.92. The Morgan fingerprint density at radius 2 is 2.35 bits per heavy atom. The van der Waals surface area contributed by atoms with Crippen LogP contribution in [0.1, 0.15) is 11.1 Å². The molecule has 1 N–H and O–H groups in total. The maximum absolute atomic E-state index is 11.8. The second kappa shape index (κ2) is 4.49. The number of nitrogens with zero attached hydrogens (tertiary/aromatic N) is 3. The maximum Gasteiger partial charge on any atom is 0.331 e. The lowest BCUT2D eigenvalue weighted by Gasteiger charge is -2.08. The number of amides is 1. The number of nitrogens with one attached hydrogen (secondary N) is 1. The monoisotopic (exact) mass is 226 g/mol. The molecule has 84 valence electrons. The summed E-state index contributed by atoms with van der Waals surface area (Å²) in [6, 6.07) is 7.04. The molecule has 0 aliphatic rings. The van der Waals surface area contributed by atoms with Gasteiger partial charge in [-0.3, -0.25) is 4.57 Å². The van der Waals surface area contributed by atoms with Gasteiger partial charge in [0.25, 0.3) is 0 Å². The number of anilines is 1. The first kappa shape index (κ1) is 10.9. The molecule has 0 radical (unpaired) electrons. The van der Waals surface area contributed by atoms with E-state index in [1.807, 2.05) is 13.0 Å². The van der Waals surface area contributed by atoms with Crippen molar-refractivity contribution < 1.29 is 4.79 Å². The molecule has 0 fully saturated rings. The summed E-state index contributed by atoms with van der Waals surface area (Å²) in [5.41, 5.74) is 1.81. The molecule has 5 nitrogen and oxygen atoms in total. The number of carbonyl (C=O) groups is 1. The molecule has 0 atom stereocenters. The van der Waals surface area contributed by atoms with Crippen molar-refractivity contribution in [3.05, 3.63) is 48.0 Å². The van der Waals surface area contributed by atoms with Crippen LogP contribution in [0.15, 0.2) is 36.9 Å². The molecule has 17 heavy (non-hydrogen) atoms. The molecule has 1 aromatic heterocycles.